The van der Waals surface area contributed by atoms with E-state index in [0.29, 0.717) is 29.5 Å². The first-order valence-electron chi connectivity index (χ1n) is 6.80. The number of hydrogen-bond acceptors (Lipinski definition) is 2. The molecule has 0 atom stereocenters. The van der Waals surface area contributed by atoms with Gasteiger partial charge in [0.05, 0.1) is 11.6 Å². The second-order valence-electron chi connectivity index (χ2n) is 4.83. The zero-order chi connectivity index (χ0) is 15.2. The molecule has 0 bridgehead atoms. The summed E-state index contributed by atoms with van der Waals surface area (Å²) in [5.41, 5.74) is 2.94. The van der Waals surface area contributed by atoms with Crippen LogP contribution in [-0.4, -0.2) is 19.1 Å². The topological polar surface area (TPSA) is 38.3 Å². The van der Waals surface area contributed by atoms with Gasteiger partial charge in [-0.3, -0.25) is 4.79 Å². The Morgan fingerprint density at radius 2 is 1.90 bits per heavy atom. The van der Waals surface area contributed by atoms with Crippen molar-refractivity contribution in [3.63, 3.8) is 0 Å². The van der Waals surface area contributed by atoms with Crippen LogP contribution in [0.25, 0.3) is 0 Å². The molecule has 0 aliphatic heterocycles. The van der Waals surface area contributed by atoms with Gasteiger partial charge in [-0.15, -0.1) is 0 Å². The molecule has 0 fully saturated rings. The summed E-state index contributed by atoms with van der Waals surface area (Å²) in [6.45, 7) is 4.82. The van der Waals surface area contributed by atoms with Crippen molar-refractivity contribution in [3.05, 3.63) is 64.2 Å². The Labute approximate surface area is 129 Å². The quantitative estimate of drug-likeness (QED) is 0.854. The fraction of sp³-hybridized carbons (Fsp3) is 0.235. The molecule has 0 aliphatic rings. The van der Waals surface area contributed by atoms with Crippen LogP contribution < -0.4 is 10.1 Å². The summed E-state index contributed by atoms with van der Waals surface area (Å²) in [7, 11) is 0. The molecule has 1 amide bonds. The van der Waals surface area contributed by atoms with Gasteiger partial charge in [-0.2, -0.15) is 0 Å². The van der Waals surface area contributed by atoms with Crippen molar-refractivity contribution in [3.8, 4) is 5.75 Å². The van der Waals surface area contributed by atoms with Gasteiger partial charge in [-0.05, 0) is 49.2 Å². The van der Waals surface area contributed by atoms with Crippen molar-refractivity contribution >= 4 is 17.5 Å². The third kappa shape index (κ3) is 4.23. The number of ether oxygens (including phenoxy) is 1. The number of benzene rings is 2. The monoisotopic (exact) mass is 303 g/mol. The number of nitrogens with one attached hydrogen (secondary N) is 1. The predicted molar refractivity (Wildman–Crippen MR) is 85.2 cm³/mol. The Hall–Kier alpha value is -2.00. The van der Waals surface area contributed by atoms with Crippen LogP contribution in [0.5, 0.6) is 5.75 Å². The van der Waals surface area contributed by atoms with Gasteiger partial charge < -0.3 is 10.1 Å². The molecule has 110 valence electrons. The molecular formula is C17H18ClNO2. The van der Waals surface area contributed by atoms with Gasteiger partial charge in [0.15, 0.2) is 0 Å². The van der Waals surface area contributed by atoms with Crippen LogP contribution in [0.1, 0.15) is 21.5 Å². The molecule has 2 aromatic rings. The van der Waals surface area contributed by atoms with E-state index >= 15 is 0 Å². The van der Waals surface area contributed by atoms with E-state index in [1.54, 1.807) is 12.1 Å². The lowest BCUT2D eigenvalue weighted by molar-refractivity contribution is 0.0947. The maximum atomic E-state index is 12.0. The van der Waals surface area contributed by atoms with Gasteiger partial charge in [0.1, 0.15) is 12.4 Å². The molecule has 0 saturated carbocycles. The summed E-state index contributed by atoms with van der Waals surface area (Å²) >= 11 is 5.98. The molecule has 21 heavy (non-hydrogen) atoms. The van der Waals surface area contributed by atoms with Gasteiger partial charge in [0, 0.05) is 5.56 Å². The zero-order valence-electron chi connectivity index (χ0n) is 12.2. The average Bonchev–Trinajstić information content (AvgIpc) is 2.48. The molecule has 0 spiro atoms. The van der Waals surface area contributed by atoms with E-state index in [4.69, 9.17) is 16.3 Å². The van der Waals surface area contributed by atoms with Crippen LogP contribution in [-0.2, 0) is 0 Å². The normalized spacial score (nSPS) is 10.2. The molecule has 4 heteroatoms. The van der Waals surface area contributed by atoms with Crippen molar-refractivity contribution < 1.29 is 9.53 Å². The lowest BCUT2D eigenvalue weighted by Crippen LogP contribution is -2.28. The molecule has 1 N–H and O–H groups in total. The van der Waals surface area contributed by atoms with E-state index in [0.717, 1.165) is 5.56 Å². The van der Waals surface area contributed by atoms with Crippen LogP contribution in [0.4, 0.5) is 0 Å². The summed E-state index contributed by atoms with van der Waals surface area (Å²) in [5.74, 6) is 0.528. The molecule has 0 radical (unpaired) electrons. The van der Waals surface area contributed by atoms with Crippen LogP contribution in [0.3, 0.4) is 0 Å². The highest BCUT2D eigenvalue weighted by Gasteiger charge is 2.06. The molecule has 0 aromatic heterocycles. The fourth-order valence-electron chi connectivity index (χ4n) is 1.87. The largest absolute Gasteiger partial charge is 0.490 e. The molecular weight excluding hydrogens is 286 g/mol. The molecule has 0 aliphatic carbocycles. The number of carbonyl (C=O) groups excluding carboxylic acids is 1. The van der Waals surface area contributed by atoms with E-state index < -0.39 is 0 Å². The summed E-state index contributed by atoms with van der Waals surface area (Å²) in [5, 5.41) is 3.40. The highest BCUT2D eigenvalue weighted by Crippen LogP contribution is 2.22. The van der Waals surface area contributed by atoms with Crippen LogP contribution >= 0.6 is 11.6 Å². The van der Waals surface area contributed by atoms with E-state index in [9.17, 15) is 4.79 Å². The highest BCUT2D eigenvalue weighted by molar-refractivity contribution is 6.32. The third-order valence-corrected chi connectivity index (χ3v) is 3.56. The molecule has 0 saturated heterocycles. The van der Waals surface area contributed by atoms with Crippen LogP contribution in [0.2, 0.25) is 5.02 Å². The molecule has 2 aromatic carbocycles. The fourth-order valence-corrected chi connectivity index (χ4v) is 2.06. The number of hydrogen-bond donors (Lipinski definition) is 1. The standard InChI is InChI=1S/C17H18ClNO2/c1-12-7-8-14(11-13(12)2)17(20)19-9-10-21-16-6-4-3-5-15(16)18/h3-8,11H,9-10H2,1-2H3,(H,19,20). The Kier molecular flexibility index (Phi) is 5.23. The van der Waals surface area contributed by atoms with Crippen molar-refractivity contribution in [1.29, 1.82) is 0 Å². The Morgan fingerprint density at radius 1 is 1.14 bits per heavy atom. The summed E-state index contributed by atoms with van der Waals surface area (Å²) in [6.07, 6.45) is 0. The number of rotatable bonds is 5. The number of para-hydroxylation sites is 1. The van der Waals surface area contributed by atoms with Gasteiger partial charge >= 0.3 is 0 Å². The van der Waals surface area contributed by atoms with Crippen molar-refractivity contribution in [1.82, 2.24) is 5.32 Å². The smallest absolute Gasteiger partial charge is 0.251 e. The van der Waals surface area contributed by atoms with Gasteiger partial charge in [0.25, 0.3) is 5.91 Å². The molecule has 2 rings (SSSR count). The minimum atomic E-state index is -0.0964. The van der Waals surface area contributed by atoms with Crippen molar-refractivity contribution in [2.75, 3.05) is 13.2 Å². The van der Waals surface area contributed by atoms with Crippen LogP contribution in [0, 0.1) is 13.8 Å². The predicted octanol–water partition coefficient (Wildman–Crippen LogP) is 3.77. The first-order valence-corrected chi connectivity index (χ1v) is 7.18. The average molecular weight is 304 g/mol. The van der Waals surface area contributed by atoms with Crippen molar-refractivity contribution in [2.24, 2.45) is 0 Å². The SMILES string of the molecule is Cc1ccc(C(=O)NCCOc2ccccc2Cl)cc1C. The minimum Gasteiger partial charge on any atom is -0.490 e. The number of halogens is 1. The minimum absolute atomic E-state index is 0.0964. The first-order chi connectivity index (χ1) is 10.1. The Morgan fingerprint density at radius 3 is 2.62 bits per heavy atom. The summed E-state index contributed by atoms with van der Waals surface area (Å²) < 4.78 is 5.52. The first kappa shape index (κ1) is 15.4. The van der Waals surface area contributed by atoms with Crippen LogP contribution in [0.15, 0.2) is 42.5 Å². The lowest BCUT2D eigenvalue weighted by atomic mass is 10.1. The maximum Gasteiger partial charge on any atom is 0.251 e. The van der Waals surface area contributed by atoms with Gasteiger partial charge in [-0.25, -0.2) is 0 Å². The van der Waals surface area contributed by atoms with E-state index in [1.807, 2.05) is 44.2 Å². The maximum absolute atomic E-state index is 12.0. The summed E-state index contributed by atoms with van der Waals surface area (Å²) in [4.78, 5) is 12.0. The van der Waals surface area contributed by atoms with Crippen molar-refractivity contribution in [2.45, 2.75) is 13.8 Å². The highest BCUT2D eigenvalue weighted by atomic mass is 35.5. The number of carbonyl (C=O) groups is 1. The molecule has 0 unspecified atom stereocenters. The van der Waals surface area contributed by atoms with E-state index in [2.05, 4.69) is 5.32 Å². The van der Waals surface area contributed by atoms with Gasteiger partial charge in [-0.1, -0.05) is 29.8 Å². The number of amides is 1. The van der Waals surface area contributed by atoms with E-state index in [-0.39, 0.29) is 5.91 Å². The molecule has 3 nitrogen and oxygen atoms in total. The number of aryl methyl sites for hydroxylation is 2. The lowest BCUT2D eigenvalue weighted by Gasteiger charge is -2.09. The zero-order valence-corrected chi connectivity index (χ0v) is 12.9. The van der Waals surface area contributed by atoms with E-state index in [1.165, 1.54) is 5.56 Å². The summed E-state index contributed by atoms with van der Waals surface area (Å²) in [6, 6.07) is 12.9. The van der Waals surface area contributed by atoms with Gasteiger partial charge in [0.2, 0.25) is 0 Å². The third-order valence-electron chi connectivity index (χ3n) is 3.25. The Bertz CT molecular complexity index is 640. The second kappa shape index (κ2) is 7.14. The molecule has 0 heterocycles. The second-order valence-corrected chi connectivity index (χ2v) is 5.24. The Balaban J connectivity index is 1.82.